The minimum Gasteiger partial charge on any atom is -0.507 e. The number of nitrogens with one attached hydrogen (secondary N) is 1. The zero-order chi connectivity index (χ0) is 26.7. The quantitative estimate of drug-likeness (QED) is 0.364. The van der Waals surface area contributed by atoms with Crippen LogP contribution in [0, 0.1) is 28.6 Å². The molecule has 5 heteroatoms. The molecule has 2 aromatic carbocycles. The smallest absolute Gasteiger partial charge is 0.123 e. The molecule has 2 atom stereocenters. The molecule has 2 unspecified atom stereocenters. The first-order valence-electron chi connectivity index (χ1n) is 13.2. The molecule has 0 aromatic heterocycles. The van der Waals surface area contributed by atoms with Gasteiger partial charge in [-0.1, -0.05) is 85.2 Å². The van der Waals surface area contributed by atoms with Crippen LogP contribution in [-0.4, -0.2) is 28.9 Å². The number of likely N-dealkylation sites (tertiary alicyclic amines) is 1. The zero-order valence-electron chi connectivity index (χ0n) is 23.6. The summed E-state index contributed by atoms with van der Waals surface area (Å²) in [6.07, 6.45) is 4.69. The first-order valence-corrected chi connectivity index (χ1v) is 13.2. The Balaban J connectivity index is 0.00000481. The fourth-order valence-electron chi connectivity index (χ4n) is 5.38. The fraction of sp³-hybridized carbons (Fsp3) is 0.500. The van der Waals surface area contributed by atoms with E-state index < -0.39 is 0 Å². The molecule has 200 valence electrons. The van der Waals surface area contributed by atoms with Crippen molar-refractivity contribution in [1.29, 1.82) is 10.7 Å². The Morgan fingerprint density at radius 2 is 1.65 bits per heavy atom. The second kappa shape index (κ2) is 12.2. The number of nitriles is 1. The summed E-state index contributed by atoms with van der Waals surface area (Å²) < 4.78 is 0. The lowest BCUT2D eigenvalue weighted by Gasteiger charge is -2.29. The van der Waals surface area contributed by atoms with E-state index in [0.29, 0.717) is 24.0 Å². The summed E-state index contributed by atoms with van der Waals surface area (Å²) in [6, 6.07) is 16.8. The van der Waals surface area contributed by atoms with Gasteiger partial charge in [0.15, 0.2) is 0 Å². The third-order valence-corrected chi connectivity index (χ3v) is 7.37. The first kappa shape index (κ1) is 30.5. The lowest BCUT2D eigenvalue weighted by Crippen LogP contribution is -2.29. The number of hydrogen-bond donors (Lipinski definition) is 2. The van der Waals surface area contributed by atoms with Crippen molar-refractivity contribution in [2.75, 3.05) is 13.1 Å². The van der Waals surface area contributed by atoms with Crippen molar-refractivity contribution in [3.63, 3.8) is 0 Å². The lowest BCUT2D eigenvalue weighted by atomic mass is 9.77. The van der Waals surface area contributed by atoms with Crippen molar-refractivity contribution < 1.29 is 5.11 Å². The molecule has 1 heterocycles. The normalized spacial score (nSPS) is 18.5. The van der Waals surface area contributed by atoms with Gasteiger partial charge in [0, 0.05) is 36.2 Å². The van der Waals surface area contributed by atoms with Crippen molar-refractivity contribution >= 4 is 23.8 Å². The average molecular weight is 522 g/mol. The monoisotopic (exact) mass is 521 g/mol. The summed E-state index contributed by atoms with van der Waals surface area (Å²) in [5.74, 6) is 1.63. The first-order chi connectivity index (χ1) is 16.9. The van der Waals surface area contributed by atoms with Crippen molar-refractivity contribution in [3.8, 4) is 11.8 Å². The van der Waals surface area contributed by atoms with E-state index in [2.05, 4.69) is 83.7 Å². The number of phenols is 1. The Labute approximate surface area is 230 Å². The van der Waals surface area contributed by atoms with Gasteiger partial charge >= 0.3 is 0 Å². The highest BCUT2D eigenvalue weighted by Gasteiger charge is 2.37. The van der Waals surface area contributed by atoms with Gasteiger partial charge in [0.2, 0.25) is 0 Å². The molecule has 1 saturated heterocycles. The van der Waals surface area contributed by atoms with Crippen LogP contribution >= 0.6 is 12.4 Å². The van der Waals surface area contributed by atoms with E-state index in [0.717, 1.165) is 48.1 Å². The number of nitrogens with zero attached hydrogens (tertiary/aromatic N) is 2. The van der Waals surface area contributed by atoms with Gasteiger partial charge in [0.05, 0.1) is 11.9 Å². The van der Waals surface area contributed by atoms with E-state index in [1.165, 1.54) is 5.56 Å². The highest BCUT2D eigenvalue weighted by Crippen LogP contribution is 2.41. The molecule has 1 fully saturated rings. The van der Waals surface area contributed by atoms with Gasteiger partial charge in [0.25, 0.3) is 0 Å². The van der Waals surface area contributed by atoms with E-state index in [-0.39, 0.29) is 29.2 Å². The van der Waals surface area contributed by atoms with Gasteiger partial charge in [-0.15, -0.1) is 12.4 Å². The van der Waals surface area contributed by atoms with Crippen LogP contribution in [0.5, 0.6) is 5.75 Å². The van der Waals surface area contributed by atoms with Crippen LogP contribution in [-0.2, 0) is 17.3 Å². The molecule has 0 bridgehead atoms. The van der Waals surface area contributed by atoms with Gasteiger partial charge in [-0.05, 0) is 58.4 Å². The van der Waals surface area contributed by atoms with Crippen LogP contribution in [0.15, 0.2) is 48.5 Å². The minimum atomic E-state index is -0.245. The third-order valence-electron chi connectivity index (χ3n) is 7.37. The molecule has 1 aliphatic heterocycles. The topological polar surface area (TPSA) is 71.1 Å². The predicted molar refractivity (Wildman–Crippen MR) is 158 cm³/mol. The molecule has 0 spiro atoms. The Bertz CT molecular complexity index is 1110. The van der Waals surface area contributed by atoms with Crippen LogP contribution in [0.2, 0.25) is 0 Å². The van der Waals surface area contributed by atoms with Crippen molar-refractivity contribution in [2.24, 2.45) is 11.8 Å². The van der Waals surface area contributed by atoms with Crippen LogP contribution < -0.4 is 0 Å². The van der Waals surface area contributed by atoms with Gasteiger partial charge < -0.3 is 10.0 Å². The third kappa shape index (κ3) is 7.17. The van der Waals surface area contributed by atoms with E-state index in [4.69, 9.17) is 5.41 Å². The van der Waals surface area contributed by atoms with Gasteiger partial charge in [0.1, 0.15) is 5.75 Å². The predicted octanol–water partition coefficient (Wildman–Crippen LogP) is 7.88. The van der Waals surface area contributed by atoms with Crippen molar-refractivity contribution in [3.05, 3.63) is 70.8 Å². The number of hydrogen-bond acceptors (Lipinski definition) is 3. The Kier molecular flexibility index (Phi) is 10.0. The maximum atomic E-state index is 11.2. The molecule has 4 nitrogen and oxygen atoms in total. The summed E-state index contributed by atoms with van der Waals surface area (Å²) in [6.45, 7) is 16.2. The van der Waals surface area contributed by atoms with Crippen molar-refractivity contribution in [2.45, 2.75) is 78.6 Å². The number of allylic oxidation sites excluding steroid dienone is 1. The Hall–Kier alpha value is -2.77. The lowest BCUT2D eigenvalue weighted by molar-refractivity contribution is 0.373. The number of phenolic OH excluding ortho intramolecular Hbond substituents is 1. The zero-order valence-corrected chi connectivity index (χ0v) is 24.4. The molecule has 0 amide bonds. The van der Waals surface area contributed by atoms with E-state index >= 15 is 0 Å². The molecule has 0 saturated carbocycles. The number of halogens is 1. The SMILES string of the molecule is CCCC1CN(CC(=CC#N)c2cc(C(C)(C)C)c(O)c(C(C)(C)C)c2)C(=N)C1Cc1ccccc1.Cl. The average Bonchev–Trinajstić information content (AvgIpc) is 3.07. The van der Waals surface area contributed by atoms with E-state index in [9.17, 15) is 10.4 Å². The molecule has 0 aliphatic carbocycles. The second-order valence-electron chi connectivity index (χ2n) is 12.3. The van der Waals surface area contributed by atoms with E-state index in [1.807, 2.05) is 18.2 Å². The van der Waals surface area contributed by atoms with Gasteiger partial charge in [-0.2, -0.15) is 5.26 Å². The number of benzene rings is 2. The summed E-state index contributed by atoms with van der Waals surface area (Å²) >= 11 is 0. The molecule has 1 aliphatic rings. The maximum Gasteiger partial charge on any atom is 0.123 e. The number of aromatic hydroxyl groups is 1. The number of rotatable bonds is 7. The standard InChI is InChI=1S/C32H43N3O.ClH/c1-8-12-24-21-35(30(34)26(24)17-22-13-10-9-11-14-22)20-23(15-16-33)25-18-27(31(2,3)4)29(36)28(19-25)32(5,6)7;/h9-11,13-15,18-19,24,26,34,36H,8,12,17,20-21H2,1-7H3;1H. The fourth-order valence-corrected chi connectivity index (χ4v) is 5.38. The summed E-state index contributed by atoms with van der Waals surface area (Å²) in [5, 5.41) is 30.0. The van der Waals surface area contributed by atoms with Gasteiger partial charge in [-0.3, -0.25) is 5.41 Å². The summed E-state index contributed by atoms with van der Waals surface area (Å²) in [5.41, 5.74) is 4.40. The maximum absolute atomic E-state index is 11.2. The highest BCUT2D eigenvalue weighted by molar-refractivity contribution is 5.87. The highest BCUT2D eigenvalue weighted by atomic mass is 35.5. The Morgan fingerprint density at radius 1 is 1.08 bits per heavy atom. The second-order valence-corrected chi connectivity index (χ2v) is 12.3. The molecule has 3 rings (SSSR count). The minimum absolute atomic E-state index is 0. The summed E-state index contributed by atoms with van der Waals surface area (Å²) in [7, 11) is 0. The molecule has 0 radical (unpaired) electrons. The Morgan fingerprint density at radius 3 is 2.14 bits per heavy atom. The van der Waals surface area contributed by atoms with Crippen LogP contribution in [0.3, 0.4) is 0 Å². The van der Waals surface area contributed by atoms with Crippen molar-refractivity contribution in [1.82, 2.24) is 4.90 Å². The van der Waals surface area contributed by atoms with E-state index in [1.54, 1.807) is 6.08 Å². The molecular weight excluding hydrogens is 478 g/mol. The molecular formula is C32H44ClN3O. The van der Waals surface area contributed by atoms with Crippen LogP contribution in [0.25, 0.3) is 5.57 Å². The molecule has 37 heavy (non-hydrogen) atoms. The molecule has 2 aromatic rings. The number of amidine groups is 1. The van der Waals surface area contributed by atoms with Crippen LogP contribution in [0.1, 0.15) is 83.6 Å². The van der Waals surface area contributed by atoms with Gasteiger partial charge in [-0.25, -0.2) is 0 Å². The van der Waals surface area contributed by atoms with Crippen LogP contribution in [0.4, 0.5) is 0 Å². The molecule has 2 N–H and O–H groups in total. The summed E-state index contributed by atoms with van der Waals surface area (Å²) in [4.78, 5) is 2.16. The largest absolute Gasteiger partial charge is 0.507 e.